The van der Waals surface area contributed by atoms with Crippen molar-refractivity contribution in [1.82, 2.24) is 10.3 Å². The van der Waals surface area contributed by atoms with Crippen LogP contribution >= 0.6 is 0 Å². The van der Waals surface area contributed by atoms with E-state index in [9.17, 15) is 4.79 Å². The fraction of sp³-hybridized carbons (Fsp3) is 0.571. The number of carbonyl (C=O) groups is 1. The van der Waals surface area contributed by atoms with Gasteiger partial charge < -0.3 is 20.5 Å². The predicted molar refractivity (Wildman–Crippen MR) is 76.8 cm³/mol. The van der Waals surface area contributed by atoms with Crippen LogP contribution in [-0.2, 0) is 4.74 Å². The monoisotopic (exact) mass is 281 g/mol. The molecule has 20 heavy (non-hydrogen) atoms. The summed E-state index contributed by atoms with van der Waals surface area (Å²) in [6, 6.07) is 3.66. The number of carbonyl (C=O) groups excluding carboxylic acids is 1. The summed E-state index contributed by atoms with van der Waals surface area (Å²) in [6.07, 6.45) is 1.18. The number of hydrogen-bond donors (Lipinski definition) is 2. The number of hydrogen-bond acceptors (Lipinski definition) is 5. The summed E-state index contributed by atoms with van der Waals surface area (Å²) in [5, 5.41) is 2.70. The molecule has 0 aromatic carbocycles. The van der Waals surface area contributed by atoms with Crippen molar-refractivity contribution in [2.24, 2.45) is 5.73 Å². The van der Waals surface area contributed by atoms with Gasteiger partial charge in [0.1, 0.15) is 11.4 Å². The number of nitrogens with one attached hydrogen (secondary N) is 1. The molecular formula is C14H23N3O3. The number of rotatable bonds is 5. The van der Waals surface area contributed by atoms with Gasteiger partial charge in [-0.15, -0.1) is 0 Å². The maximum atomic E-state index is 11.6. The molecule has 0 aliphatic heterocycles. The highest BCUT2D eigenvalue weighted by atomic mass is 16.6. The van der Waals surface area contributed by atoms with Gasteiger partial charge in [-0.3, -0.25) is 4.98 Å². The zero-order valence-corrected chi connectivity index (χ0v) is 12.5. The molecule has 1 heterocycles. The molecule has 0 saturated heterocycles. The minimum absolute atomic E-state index is 0.0616. The van der Waals surface area contributed by atoms with Crippen molar-refractivity contribution in [3.05, 3.63) is 24.0 Å². The van der Waals surface area contributed by atoms with Gasteiger partial charge in [0.25, 0.3) is 0 Å². The Balaban J connectivity index is 2.56. The van der Waals surface area contributed by atoms with E-state index in [1.807, 2.05) is 32.9 Å². The van der Waals surface area contributed by atoms with Crippen LogP contribution in [-0.4, -0.2) is 36.9 Å². The Labute approximate surface area is 119 Å². The van der Waals surface area contributed by atoms with E-state index in [1.54, 1.807) is 13.3 Å². The van der Waals surface area contributed by atoms with Crippen LogP contribution < -0.4 is 15.8 Å². The SMILES string of the molecule is COc1ccc(C(CN)CNC(=O)OC(C)(C)C)nc1. The lowest BCUT2D eigenvalue weighted by Crippen LogP contribution is -2.36. The van der Waals surface area contributed by atoms with Gasteiger partial charge in [-0.25, -0.2) is 4.79 Å². The molecule has 0 aliphatic carbocycles. The Kier molecular flexibility index (Phi) is 5.76. The van der Waals surface area contributed by atoms with E-state index in [-0.39, 0.29) is 5.92 Å². The molecule has 112 valence electrons. The Morgan fingerprint density at radius 1 is 1.45 bits per heavy atom. The summed E-state index contributed by atoms with van der Waals surface area (Å²) in [6.45, 7) is 6.22. The second kappa shape index (κ2) is 7.09. The third-order valence-electron chi connectivity index (χ3n) is 2.59. The fourth-order valence-corrected chi connectivity index (χ4v) is 1.58. The maximum absolute atomic E-state index is 11.6. The first kappa shape index (κ1) is 16.2. The molecule has 0 aliphatic rings. The van der Waals surface area contributed by atoms with Crippen molar-refractivity contribution in [3.8, 4) is 5.75 Å². The molecule has 1 aromatic rings. The van der Waals surface area contributed by atoms with Gasteiger partial charge in [0.05, 0.1) is 13.3 Å². The van der Waals surface area contributed by atoms with E-state index < -0.39 is 11.7 Å². The summed E-state index contributed by atoms with van der Waals surface area (Å²) in [7, 11) is 1.58. The topological polar surface area (TPSA) is 86.5 Å². The van der Waals surface area contributed by atoms with Gasteiger partial charge in [-0.1, -0.05) is 0 Å². The third kappa shape index (κ3) is 5.44. The van der Waals surface area contributed by atoms with Crippen LogP contribution in [0.15, 0.2) is 18.3 Å². The molecule has 1 amide bonds. The lowest BCUT2D eigenvalue weighted by atomic mass is 10.1. The predicted octanol–water partition coefficient (Wildman–Crippen LogP) is 1.66. The van der Waals surface area contributed by atoms with Crippen LogP contribution in [0, 0.1) is 0 Å². The molecule has 6 nitrogen and oxygen atoms in total. The van der Waals surface area contributed by atoms with Crippen LogP contribution in [0.5, 0.6) is 5.75 Å². The van der Waals surface area contributed by atoms with E-state index in [4.69, 9.17) is 15.2 Å². The second-order valence-electron chi connectivity index (χ2n) is 5.44. The van der Waals surface area contributed by atoms with Crippen LogP contribution in [0.4, 0.5) is 4.79 Å². The van der Waals surface area contributed by atoms with E-state index in [2.05, 4.69) is 10.3 Å². The van der Waals surface area contributed by atoms with E-state index in [0.29, 0.717) is 18.8 Å². The third-order valence-corrected chi connectivity index (χ3v) is 2.59. The molecule has 0 bridgehead atoms. The number of methoxy groups -OCH3 is 1. The quantitative estimate of drug-likeness (QED) is 0.857. The highest BCUT2D eigenvalue weighted by Crippen LogP contribution is 2.15. The molecule has 1 atom stereocenters. The lowest BCUT2D eigenvalue weighted by molar-refractivity contribution is 0.0524. The van der Waals surface area contributed by atoms with Crippen LogP contribution in [0.3, 0.4) is 0 Å². The van der Waals surface area contributed by atoms with Crippen molar-refractivity contribution in [2.75, 3.05) is 20.2 Å². The molecule has 0 radical (unpaired) electrons. The molecule has 1 aromatic heterocycles. The zero-order valence-electron chi connectivity index (χ0n) is 12.5. The number of nitrogens with zero attached hydrogens (tertiary/aromatic N) is 1. The number of alkyl carbamates (subject to hydrolysis) is 1. The smallest absolute Gasteiger partial charge is 0.407 e. The number of ether oxygens (including phenoxy) is 2. The zero-order chi connectivity index (χ0) is 15.2. The molecule has 6 heteroatoms. The second-order valence-corrected chi connectivity index (χ2v) is 5.44. The van der Waals surface area contributed by atoms with E-state index >= 15 is 0 Å². The minimum atomic E-state index is -0.513. The van der Waals surface area contributed by atoms with Crippen LogP contribution in [0.25, 0.3) is 0 Å². The molecular weight excluding hydrogens is 258 g/mol. The van der Waals surface area contributed by atoms with Gasteiger partial charge in [0.15, 0.2) is 0 Å². The van der Waals surface area contributed by atoms with Crippen molar-refractivity contribution in [3.63, 3.8) is 0 Å². The summed E-state index contributed by atoms with van der Waals surface area (Å²) in [5.74, 6) is 0.623. The van der Waals surface area contributed by atoms with Crippen molar-refractivity contribution in [1.29, 1.82) is 0 Å². The highest BCUT2D eigenvalue weighted by molar-refractivity contribution is 5.67. The number of nitrogens with two attached hydrogens (primary N) is 1. The lowest BCUT2D eigenvalue weighted by Gasteiger charge is -2.21. The molecule has 0 fully saturated rings. The molecule has 0 saturated carbocycles. The Hall–Kier alpha value is -1.82. The number of aromatic nitrogens is 1. The van der Waals surface area contributed by atoms with E-state index in [0.717, 1.165) is 5.69 Å². The van der Waals surface area contributed by atoms with Gasteiger partial charge in [-0.2, -0.15) is 0 Å². The maximum Gasteiger partial charge on any atom is 0.407 e. The largest absolute Gasteiger partial charge is 0.495 e. The average molecular weight is 281 g/mol. The first-order valence-corrected chi connectivity index (χ1v) is 6.52. The molecule has 1 unspecified atom stereocenters. The Morgan fingerprint density at radius 2 is 2.15 bits per heavy atom. The Bertz CT molecular complexity index is 426. The summed E-state index contributed by atoms with van der Waals surface area (Å²) in [5.41, 5.74) is 6.02. The van der Waals surface area contributed by atoms with Crippen molar-refractivity contribution >= 4 is 6.09 Å². The number of pyridine rings is 1. The van der Waals surface area contributed by atoms with Gasteiger partial charge in [0.2, 0.25) is 0 Å². The van der Waals surface area contributed by atoms with Gasteiger partial charge in [0, 0.05) is 24.7 Å². The Morgan fingerprint density at radius 3 is 2.60 bits per heavy atom. The average Bonchev–Trinajstić information content (AvgIpc) is 2.38. The summed E-state index contributed by atoms with van der Waals surface area (Å²) in [4.78, 5) is 15.9. The van der Waals surface area contributed by atoms with Crippen molar-refractivity contribution < 1.29 is 14.3 Å². The van der Waals surface area contributed by atoms with Crippen LogP contribution in [0.2, 0.25) is 0 Å². The summed E-state index contributed by atoms with van der Waals surface area (Å²) >= 11 is 0. The van der Waals surface area contributed by atoms with E-state index in [1.165, 1.54) is 0 Å². The van der Waals surface area contributed by atoms with Crippen LogP contribution in [0.1, 0.15) is 32.4 Å². The summed E-state index contributed by atoms with van der Waals surface area (Å²) < 4.78 is 10.2. The van der Waals surface area contributed by atoms with Gasteiger partial charge >= 0.3 is 6.09 Å². The molecule has 0 spiro atoms. The highest BCUT2D eigenvalue weighted by Gasteiger charge is 2.18. The number of amides is 1. The minimum Gasteiger partial charge on any atom is -0.495 e. The first-order valence-electron chi connectivity index (χ1n) is 6.52. The van der Waals surface area contributed by atoms with Crippen molar-refractivity contribution in [2.45, 2.75) is 32.3 Å². The molecule has 1 rings (SSSR count). The first-order chi connectivity index (χ1) is 9.35. The normalized spacial score (nSPS) is 12.7. The van der Waals surface area contributed by atoms with Gasteiger partial charge in [-0.05, 0) is 32.9 Å². The molecule has 3 N–H and O–H groups in total. The standard InChI is InChI=1S/C14H23N3O3/c1-14(2,3)20-13(18)17-8-10(7-15)12-6-5-11(19-4)9-16-12/h5-6,9-10H,7-8,15H2,1-4H3,(H,17,18). The fourth-order valence-electron chi connectivity index (χ4n) is 1.58.